The number of allylic oxidation sites excluding steroid dienone is 2. The molecule has 0 atom stereocenters. The second kappa shape index (κ2) is 13.3. The van der Waals surface area contributed by atoms with E-state index in [0.29, 0.717) is 23.6 Å². The van der Waals surface area contributed by atoms with Gasteiger partial charge in [0.25, 0.3) is 0 Å². The lowest BCUT2D eigenvalue weighted by molar-refractivity contribution is 0.816. The van der Waals surface area contributed by atoms with E-state index in [-0.39, 0.29) is 0 Å². The van der Waals surface area contributed by atoms with E-state index < -0.39 is 0 Å². The Bertz CT molecular complexity index is 1080. The van der Waals surface area contributed by atoms with Gasteiger partial charge in [0.2, 0.25) is 0 Å². The topological polar surface area (TPSA) is 139 Å². The number of nitrogens with two attached hydrogens (primary N) is 3. The van der Waals surface area contributed by atoms with Crippen molar-refractivity contribution < 1.29 is 0 Å². The molecule has 0 unspecified atom stereocenters. The Morgan fingerprint density at radius 1 is 1.15 bits per heavy atom. The van der Waals surface area contributed by atoms with Gasteiger partial charge in [0.15, 0.2) is 0 Å². The lowest BCUT2D eigenvalue weighted by atomic mass is 9.99. The Balaban J connectivity index is 2.08. The van der Waals surface area contributed by atoms with E-state index in [1.807, 2.05) is 12.1 Å². The van der Waals surface area contributed by atoms with E-state index >= 15 is 0 Å². The van der Waals surface area contributed by atoms with Gasteiger partial charge in [-0.3, -0.25) is 9.98 Å². The Hall–Kier alpha value is -4.13. The molecule has 0 heterocycles. The van der Waals surface area contributed by atoms with E-state index in [1.54, 1.807) is 30.6 Å². The monoisotopic (exact) mass is 443 g/mol. The third-order valence-corrected chi connectivity index (χ3v) is 5.13. The molecule has 0 amide bonds. The zero-order chi connectivity index (χ0) is 24.1. The number of nitrogens with zero attached hydrogens (tertiary/aromatic N) is 2. The first-order valence-electron chi connectivity index (χ1n) is 10.7. The van der Waals surface area contributed by atoms with Gasteiger partial charge >= 0.3 is 0 Å². The second-order valence-electron chi connectivity index (χ2n) is 7.53. The highest BCUT2D eigenvalue weighted by molar-refractivity contribution is 6.04. The molecule has 7 heteroatoms. The molecule has 0 aromatic heterocycles. The van der Waals surface area contributed by atoms with Gasteiger partial charge in [-0.25, -0.2) is 0 Å². The molecule has 0 bridgehead atoms. The van der Waals surface area contributed by atoms with Gasteiger partial charge in [-0.1, -0.05) is 18.2 Å². The summed E-state index contributed by atoms with van der Waals surface area (Å²) in [7, 11) is 0. The molecule has 0 saturated carbocycles. The third kappa shape index (κ3) is 8.14. The first-order valence-corrected chi connectivity index (χ1v) is 10.7. The zero-order valence-electron chi connectivity index (χ0n) is 19.1. The molecular weight excluding hydrogens is 410 g/mol. The highest BCUT2D eigenvalue weighted by Gasteiger charge is 2.04. The molecule has 0 spiro atoms. The average Bonchev–Trinajstić information content (AvgIpc) is 2.82. The van der Waals surface area contributed by atoms with Crippen molar-refractivity contribution in [3.05, 3.63) is 95.0 Å². The van der Waals surface area contributed by atoms with Crippen molar-refractivity contribution in [3.8, 4) is 0 Å². The maximum absolute atomic E-state index is 7.48. The van der Waals surface area contributed by atoms with Gasteiger partial charge in [-0.2, -0.15) is 0 Å². The molecule has 0 aliphatic rings. The number of hydrogen-bond donors (Lipinski definition) is 5. The van der Waals surface area contributed by atoms with Crippen molar-refractivity contribution in [2.45, 2.75) is 32.7 Å². The van der Waals surface area contributed by atoms with Crippen LogP contribution in [0.25, 0.3) is 0 Å². The summed E-state index contributed by atoms with van der Waals surface area (Å²) in [5.41, 5.74) is 23.6. The average molecular weight is 444 g/mol. The van der Waals surface area contributed by atoms with Crippen LogP contribution in [0.5, 0.6) is 0 Å². The SMILES string of the molecule is C=N/C=C\C(=NCc1ccc(CCCC(/C=C\N)=C/N)c(C)c1)Nc1ccc(N)c(C=N)c1. The summed E-state index contributed by atoms with van der Waals surface area (Å²) in [6, 6.07) is 11.9. The van der Waals surface area contributed by atoms with Crippen LogP contribution in [0.1, 0.15) is 35.1 Å². The molecular formula is C26H33N7. The minimum atomic E-state index is 0.513. The van der Waals surface area contributed by atoms with Crippen LogP contribution in [-0.2, 0) is 13.0 Å². The van der Waals surface area contributed by atoms with Crippen molar-refractivity contribution in [3.63, 3.8) is 0 Å². The van der Waals surface area contributed by atoms with Crippen LogP contribution in [0, 0.1) is 12.3 Å². The lowest BCUT2D eigenvalue weighted by Gasteiger charge is -2.10. The van der Waals surface area contributed by atoms with Crippen LogP contribution in [0.3, 0.4) is 0 Å². The van der Waals surface area contributed by atoms with Crippen LogP contribution < -0.4 is 22.5 Å². The fraction of sp³-hybridized carbons (Fsp3) is 0.192. The molecule has 2 aromatic carbocycles. The second-order valence-corrected chi connectivity index (χ2v) is 7.53. The number of aryl methyl sites for hydroxylation is 2. The lowest BCUT2D eigenvalue weighted by Crippen LogP contribution is -2.10. The number of aliphatic imine (C=N–C) groups is 2. The van der Waals surface area contributed by atoms with Crippen LogP contribution in [-0.4, -0.2) is 18.8 Å². The Morgan fingerprint density at radius 3 is 2.64 bits per heavy atom. The van der Waals surface area contributed by atoms with E-state index in [2.05, 4.69) is 42.1 Å². The molecule has 2 aromatic rings. The summed E-state index contributed by atoms with van der Waals surface area (Å²) < 4.78 is 0. The summed E-state index contributed by atoms with van der Waals surface area (Å²) in [6.07, 6.45) is 12.4. The summed E-state index contributed by atoms with van der Waals surface area (Å²) in [5.74, 6) is 0.638. The molecule has 33 heavy (non-hydrogen) atoms. The molecule has 8 N–H and O–H groups in total. The van der Waals surface area contributed by atoms with Crippen molar-refractivity contribution >= 4 is 30.1 Å². The van der Waals surface area contributed by atoms with Gasteiger partial charge in [0.1, 0.15) is 5.84 Å². The van der Waals surface area contributed by atoms with Crippen LogP contribution in [0.4, 0.5) is 11.4 Å². The van der Waals surface area contributed by atoms with E-state index in [9.17, 15) is 0 Å². The summed E-state index contributed by atoms with van der Waals surface area (Å²) in [5, 5.41) is 10.7. The van der Waals surface area contributed by atoms with Crippen molar-refractivity contribution in [1.29, 1.82) is 5.41 Å². The molecule has 0 radical (unpaired) electrons. The largest absolute Gasteiger partial charge is 0.405 e. The Kier molecular flexibility index (Phi) is 10.1. The first kappa shape index (κ1) is 25.1. The van der Waals surface area contributed by atoms with Gasteiger partial charge in [-0.15, -0.1) is 0 Å². The predicted molar refractivity (Wildman–Crippen MR) is 142 cm³/mol. The zero-order valence-corrected chi connectivity index (χ0v) is 19.1. The van der Waals surface area contributed by atoms with Crippen molar-refractivity contribution in [1.82, 2.24) is 0 Å². The standard InChI is InChI=1S/C26H33N7/c1-19-14-21(6-7-22(19)5-3-4-20(16-28)10-12-27)18-32-26(11-13-31-2)33-24-8-9-25(30)23(15-24)17-29/h6-17,29H,2-5,18,27-28,30H2,1H3,(H,32,33)/b12-10-,13-11-,20-16-,29-17?. The van der Waals surface area contributed by atoms with Gasteiger partial charge < -0.3 is 27.9 Å². The maximum atomic E-state index is 7.48. The number of rotatable bonds is 11. The third-order valence-electron chi connectivity index (χ3n) is 5.13. The quantitative estimate of drug-likeness (QED) is 0.152. The summed E-state index contributed by atoms with van der Waals surface area (Å²) in [4.78, 5) is 8.47. The minimum absolute atomic E-state index is 0.513. The number of nitrogens with one attached hydrogen (secondary N) is 2. The number of hydrogen-bond acceptors (Lipinski definition) is 6. The number of amidine groups is 1. The van der Waals surface area contributed by atoms with E-state index in [1.165, 1.54) is 23.5 Å². The predicted octanol–water partition coefficient (Wildman–Crippen LogP) is 4.44. The van der Waals surface area contributed by atoms with Crippen LogP contribution in [0.2, 0.25) is 0 Å². The Labute approximate surface area is 196 Å². The molecule has 7 nitrogen and oxygen atoms in total. The Morgan fingerprint density at radius 2 is 1.97 bits per heavy atom. The minimum Gasteiger partial charge on any atom is -0.405 e. The number of anilines is 2. The summed E-state index contributed by atoms with van der Waals surface area (Å²) in [6.45, 7) is 6.12. The van der Waals surface area contributed by atoms with Gasteiger partial charge in [0.05, 0.1) is 6.54 Å². The molecule has 2 rings (SSSR count). The number of nitrogen functional groups attached to an aromatic ring is 1. The van der Waals surface area contributed by atoms with Gasteiger partial charge in [-0.05, 0) is 97.9 Å². The molecule has 0 fully saturated rings. The normalized spacial score (nSPS) is 12.4. The van der Waals surface area contributed by atoms with Crippen LogP contribution in [0.15, 0.2) is 82.7 Å². The van der Waals surface area contributed by atoms with E-state index in [0.717, 1.165) is 36.1 Å². The smallest absolute Gasteiger partial charge is 0.127 e. The fourth-order valence-electron chi connectivity index (χ4n) is 3.32. The molecule has 172 valence electrons. The highest BCUT2D eigenvalue weighted by atomic mass is 15.0. The molecule has 0 saturated heterocycles. The maximum Gasteiger partial charge on any atom is 0.127 e. The first-order chi connectivity index (χ1) is 16.0. The molecule has 0 aliphatic carbocycles. The van der Waals surface area contributed by atoms with Crippen LogP contribution >= 0.6 is 0 Å². The van der Waals surface area contributed by atoms with E-state index in [4.69, 9.17) is 27.6 Å². The number of benzene rings is 2. The fourth-order valence-corrected chi connectivity index (χ4v) is 3.32. The summed E-state index contributed by atoms with van der Waals surface area (Å²) >= 11 is 0. The van der Waals surface area contributed by atoms with Crippen molar-refractivity contribution in [2.24, 2.45) is 21.5 Å². The highest BCUT2D eigenvalue weighted by Crippen LogP contribution is 2.18. The van der Waals surface area contributed by atoms with Crippen molar-refractivity contribution in [2.75, 3.05) is 11.1 Å². The molecule has 0 aliphatic heterocycles. The van der Waals surface area contributed by atoms with Gasteiger partial charge in [0, 0.05) is 29.4 Å².